The topological polar surface area (TPSA) is 90.4 Å². The number of para-hydroxylation sites is 1. The quantitative estimate of drug-likeness (QED) is 0.420. The standard InChI is InChI=1S/C30H39N3O5/c1-4-5-9-16-31-17-11-15-30-25(28(36)33(26(30)29(31)37)22(19-34)20(2)3)24-23(38-30)14-10-18-32(27(24)35)21-12-7-6-8-13-21/h6-8,10-15,20,22-26,34H,4-5,9,16-19H2,1-3H3/t22-,23+,24-,25-,26?,30-/m0/s1. The SMILES string of the molecule is CCCCCN1CC=C[C@]23O[C@@H]4C=CCN(c5ccccc5)C(=O)[C@@H]4[C@H]2C(=O)N([C@@H](CO)C(C)C)C3C1=O. The first-order valence-corrected chi connectivity index (χ1v) is 14.0. The average molecular weight is 522 g/mol. The molecular weight excluding hydrogens is 482 g/mol. The van der Waals surface area contributed by atoms with Gasteiger partial charge in [0.25, 0.3) is 0 Å². The van der Waals surface area contributed by atoms with Crippen LogP contribution in [-0.4, -0.2) is 82.7 Å². The second-order valence-electron chi connectivity index (χ2n) is 11.2. The van der Waals surface area contributed by atoms with Gasteiger partial charge in [-0.2, -0.15) is 0 Å². The van der Waals surface area contributed by atoms with Gasteiger partial charge in [0.2, 0.25) is 17.7 Å². The lowest BCUT2D eigenvalue weighted by Gasteiger charge is -2.39. The maximum absolute atomic E-state index is 14.4. The predicted molar refractivity (Wildman–Crippen MR) is 144 cm³/mol. The predicted octanol–water partition coefficient (Wildman–Crippen LogP) is 2.78. The van der Waals surface area contributed by atoms with Gasteiger partial charge in [0.15, 0.2) is 0 Å². The third-order valence-electron chi connectivity index (χ3n) is 8.59. The maximum atomic E-state index is 14.4. The molecule has 2 fully saturated rings. The second kappa shape index (κ2) is 10.7. The molecule has 0 radical (unpaired) electrons. The van der Waals surface area contributed by atoms with E-state index in [1.165, 1.54) is 0 Å². The number of aliphatic hydroxyl groups excluding tert-OH is 1. The van der Waals surface area contributed by atoms with E-state index < -0.39 is 35.6 Å². The number of amides is 3. The Labute approximate surface area is 224 Å². The number of carbonyl (C=O) groups is 3. The number of benzene rings is 1. The van der Waals surface area contributed by atoms with Crippen LogP contribution in [0.5, 0.6) is 0 Å². The average Bonchev–Trinajstić information content (AvgIpc) is 3.22. The smallest absolute Gasteiger partial charge is 0.249 e. The third kappa shape index (κ3) is 4.18. The number of likely N-dealkylation sites (tertiary alicyclic amines) is 1. The van der Waals surface area contributed by atoms with Crippen LogP contribution in [0.25, 0.3) is 0 Å². The van der Waals surface area contributed by atoms with Crippen LogP contribution >= 0.6 is 0 Å². The molecule has 4 aliphatic rings. The van der Waals surface area contributed by atoms with Gasteiger partial charge in [0.05, 0.1) is 30.6 Å². The number of rotatable bonds is 8. The molecule has 1 unspecified atom stereocenters. The van der Waals surface area contributed by atoms with Gasteiger partial charge in [0, 0.05) is 25.3 Å². The van der Waals surface area contributed by atoms with Crippen molar-refractivity contribution in [2.45, 2.75) is 63.8 Å². The molecule has 3 amide bonds. The largest absolute Gasteiger partial charge is 0.394 e. The van der Waals surface area contributed by atoms with Gasteiger partial charge in [-0.15, -0.1) is 0 Å². The molecule has 1 N–H and O–H groups in total. The molecule has 0 aliphatic carbocycles. The Balaban J connectivity index is 1.59. The van der Waals surface area contributed by atoms with E-state index in [1.807, 2.05) is 68.5 Å². The molecule has 4 aliphatic heterocycles. The fraction of sp³-hybridized carbons (Fsp3) is 0.567. The molecule has 0 saturated carbocycles. The second-order valence-corrected chi connectivity index (χ2v) is 11.2. The van der Waals surface area contributed by atoms with E-state index in [2.05, 4.69) is 6.92 Å². The summed E-state index contributed by atoms with van der Waals surface area (Å²) in [5.41, 5.74) is -0.516. The Morgan fingerprint density at radius 3 is 2.47 bits per heavy atom. The number of anilines is 1. The molecule has 38 heavy (non-hydrogen) atoms. The first kappa shape index (κ1) is 26.6. The summed E-state index contributed by atoms with van der Waals surface area (Å²) in [7, 11) is 0. The number of nitrogens with zero attached hydrogens (tertiary/aromatic N) is 3. The van der Waals surface area contributed by atoms with Crippen LogP contribution in [0.2, 0.25) is 0 Å². The molecule has 204 valence electrons. The fourth-order valence-corrected chi connectivity index (χ4v) is 6.69. The number of aliphatic hydroxyl groups is 1. The highest BCUT2D eigenvalue weighted by atomic mass is 16.5. The first-order chi connectivity index (χ1) is 18.4. The number of fused-ring (bicyclic) bond motifs is 2. The summed E-state index contributed by atoms with van der Waals surface area (Å²) in [6.45, 7) is 7.13. The Bertz CT molecular complexity index is 1120. The van der Waals surface area contributed by atoms with Crippen LogP contribution in [0.4, 0.5) is 5.69 Å². The summed E-state index contributed by atoms with van der Waals surface area (Å²) < 4.78 is 6.70. The van der Waals surface area contributed by atoms with Gasteiger partial charge in [-0.3, -0.25) is 14.4 Å². The molecule has 8 heteroatoms. The number of hydrogen-bond donors (Lipinski definition) is 1. The van der Waals surface area contributed by atoms with Crippen molar-refractivity contribution in [3.05, 3.63) is 54.6 Å². The van der Waals surface area contributed by atoms with Crippen molar-refractivity contribution in [2.24, 2.45) is 17.8 Å². The lowest BCUT2D eigenvalue weighted by Crippen LogP contribution is -2.59. The Kier molecular flexibility index (Phi) is 7.47. The van der Waals surface area contributed by atoms with Crippen molar-refractivity contribution in [3.8, 4) is 0 Å². The van der Waals surface area contributed by atoms with Crippen molar-refractivity contribution < 1.29 is 24.2 Å². The Morgan fingerprint density at radius 2 is 1.79 bits per heavy atom. The van der Waals surface area contributed by atoms with E-state index in [0.29, 0.717) is 19.6 Å². The van der Waals surface area contributed by atoms with Gasteiger partial charge in [-0.1, -0.05) is 76.1 Å². The minimum Gasteiger partial charge on any atom is -0.394 e. The number of hydrogen-bond acceptors (Lipinski definition) is 5. The van der Waals surface area contributed by atoms with Crippen molar-refractivity contribution in [1.82, 2.24) is 9.80 Å². The van der Waals surface area contributed by atoms with Gasteiger partial charge in [-0.05, 0) is 24.5 Å². The van der Waals surface area contributed by atoms with E-state index in [-0.39, 0.29) is 30.2 Å². The van der Waals surface area contributed by atoms with E-state index >= 15 is 0 Å². The van der Waals surface area contributed by atoms with Crippen molar-refractivity contribution in [1.29, 1.82) is 0 Å². The van der Waals surface area contributed by atoms with Gasteiger partial charge >= 0.3 is 0 Å². The zero-order valence-electron chi connectivity index (χ0n) is 22.5. The molecular formula is C30H39N3O5. The minimum absolute atomic E-state index is 0.0882. The van der Waals surface area contributed by atoms with Crippen LogP contribution in [0.3, 0.4) is 0 Å². The normalized spacial score (nSPS) is 31.4. The fourth-order valence-electron chi connectivity index (χ4n) is 6.69. The number of carbonyl (C=O) groups excluding carboxylic acids is 3. The number of unbranched alkanes of at least 4 members (excludes halogenated alkanes) is 2. The molecule has 6 atom stereocenters. The number of ether oxygens (including phenoxy) is 1. The summed E-state index contributed by atoms with van der Waals surface area (Å²) >= 11 is 0. The highest BCUT2D eigenvalue weighted by Crippen LogP contribution is 2.54. The van der Waals surface area contributed by atoms with Crippen molar-refractivity contribution in [2.75, 3.05) is 31.1 Å². The molecule has 0 aromatic heterocycles. The molecule has 0 bridgehead atoms. The highest BCUT2D eigenvalue weighted by molar-refractivity contribution is 6.04. The summed E-state index contributed by atoms with van der Waals surface area (Å²) in [4.78, 5) is 47.8. The highest BCUT2D eigenvalue weighted by Gasteiger charge is 2.72. The minimum atomic E-state index is -1.27. The molecule has 4 heterocycles. The van der Waals surface area contributed by atoms with Crippen LogP contribution in [0.1, 0.15) is 40.0 Å². The molecule has 1 aromatic rings. The van der Waals surface area contributed by atoms with Gasteiger partial charge in [0.1, 0.15) is 11.6 Å². The summed E-state index contributed by atoms with van der Waals surface area (Å²) in [5.74, 6) is -2.37. The summed E-state index contributed by atoms with van der Waals surface area (Å²) in [5, 5.41) is 10.4. The Morgan fingerprint density at radius 1 is 1.03 bits per heavy atom. The van der Waals surface area contributed by atoms with Crippen molar-refractivity contribution >= 4 is 23.4 Å². The van der Waals surface area contributed by atoms with Crippen LogP contribution in [-0.2, 0) is 19.1 Å². The Hall–Kier alpha value is -2.97. The van der Waals surface area contributed by atoms with E-state index in [1.54, 1.807) is 14.7 Å². The maximum Gasteiger partial charge on any atom is 0.249 e. The molecule has 1 spiro atoms. The molecule has 5 rings (SSSR count). The molecule has 1 aromatic carbocycles. The van der Waals surface area contributed by atoms with E-state index in [4.69, 9.17) is 4.74 Å². The van der Waals surface area contributed by atoms with Crippen LogP contribution < -0.4 is 4.90 Å². The van der Waals surface area contributed by atoms with Gasteiger partial charge < -0.3 is 24.5 Å². The lowest BCUT2D eigenvalue weighted by atomic mass is 9.77. The zero-order chi connectivity index (χ0) is 27.0. The zero-order valence-corrected chi connectivity index (χ0v) is 22.5. The third-order valence-corrected chi connectivity index (χ3v) is 8.59. The van der Waals surface area contributed by atoms with Crippen LogP contribution in [0, 0.1) is 17.8 Å². The lowest BCUT2D eigenvalue weighted by molar-refractivity contribution is -0.151. The summed E-state index contributed by atoms with van der Waals surface area (Å²) in [6, 6.07) is 7.93. The first-order valence-electron chi connectivity index (χ1n) is 14.0. The summed E-state index contributed by atoms with van der Waals surface area (Å²) in [6.07, 6.45) is 9.88. The van der Waals surface area contributed by atoms with Crippen LogP contribution in [0.15, 0.2) is 54.6 Å². The van der Waals surface area contributed by atoms with E-state index in [0.717, 1.165) is 24.9 Å². The van der Waals surface area contributed by atoms with Gasteiger partial charge in [-0.25, -0.2) is 0 Å². The monoisotopic (exact) mass is 521 g/mol. The molecule has 8 nitrogen and oxygen atoms in total. The van der Waals surface area contributed by atoms with E-state index in [9.17, 15) is 19.5 Å². The van der Waals surface area contributed by atoms with Crippen molar-refractivity contribution in [3.63, 3.8) is 0 Å². The molecule has 2 saturated heterocycles.